The molecule has 119 heavy (non-hydrogen) atoms. The second-order valence-corrected chi connectivity index (χ2v) is 35.4. The van der Waals surface area contributed by atoms with Gasteiger partial charge in [0.1, 0.15) is 70.2 Å². The van der Waals surface area contributed by atoms with Crippen LogP contribution in [0.5, 0.6) is 17.2 Å². The molecule has 3 aromatic carbocycles. The summed E-state index contributed by atoms with van der Waals surface area (Å²) in [6.07, 6.45) is 22.9. The molecule has 0 saturated carbocycles. The Morgan fingerprint density at radius 3 is 1.02 bits per heavy atom. The Hall–Kier alpha value is -12.6. The standard InChI is InChI=1S/C75H75N24O16PS3/c1-91-31-22-61(88-91)117(101,102)94-28-7-13-52(43-94)79-70-76-25-19-58(82-70)67-64(85-73-97(67)34-37-107-73)49-10-4-16-55(40-49)110-46-113-116(100,114-47-111-56-17-5-11-50(41-56)65-68(98-35-38-108-74(98)86-65)59-20-26-77-71(83-59)80-53-14-8-29-95(44-53)118(103,104)62-23-32-92(2)89-62)115-48-112-57-18-6-12-51(42-57)66-69(99-36-39-109-75(99)87-66)60-21-27-78-72(84-60)81-54-15-9-30-96(45-54)119(105,106)63-24-33-93(3)90-63/h4-6,10-12,16-27,31-42,52-54H,7-9,13-15,28-30,43-48H2,1-3H3,(H,76,79,82)(H,77,80,83)(H,78,81,84)/t52-,53-,54-/m1/s1. The maximum absolute atomic E-state index is 15.2. The lowest BCUT2D eigenvalue weighted by molar-refractivity contribution is -0.00439. The van der Waals surface area contributed by atoms with E-state index in [0.29, 0.717) is 126 Å². The molecule has 3 aliphatic rings. The van der Waals surface area contributed by atoms with Crippen molar-refractivity contribution >= 4 is 73.3 Å². The van der Waals surface area contributed by atoms with E-state index < -0.39 is 58.3 Å². The minimum absolute atomic E-state index is 0.0289. The number of imidazole rings is 3. The van der Waals surface area contributed by atoms with Gasteiger partial charge in [-0.3, -0.25) is 27.2 Å². The molecule has 0 spiro atoms. The molecule has 44 heteroatoms. The van der Waals surface area contributed by atoms with E-state index in [-0.39, 0.29) is 105 Å². The van der Waals surface area contributed by atoms with Gasteiger partial charge in [0.15, 0.2) is 35.5 Å². The van der Waals surface area contributed by atoms with Crippen molar-refractivity contribution in [3.63, 3.8) is 0 Å². The maximum atomic E-state index is 15.2. The number of aryl methyl sites for hydroxylation is 3. The fraction of sp³-hybridized carbons (Fsp3) is 0.280. The summed E-state index contributed by atoms with van der Waals surface area (Å²) < 4.78 is 164. The largest absolute Gasteiger partial charge is 0.483 e. The molecule has 3 N–H and O–H groups in total. The number of nitrogens with one attached hydrogen (secondary N) is 3. The lowest BCUT2D eigenvalue weighted by atomic mass is 10.1. The van der Waals surface area contributed by atoms with Crippen molar-refractivity contribution in [1.82, 2.24) is 100 Å². The van der Waals surface area contributed by atoms with Gasteiger partial charge in [0, 0.05) is 151 Å². The van der Waals surface area contributed by atoms with Crippen LogP contribution in [0.15, 0.2) is 212 Å². The number of benzene rings is 3. The quantitative estimate of drug-likeness (QED) is 0.0278. The number of aromatic nitrogens is 18. The zero-order valence-electron chi connectivity index (χ0n) is 63.8. The first-order valence-corrected chi connectivity index (χ1v) is 43.4. The Kier molecular flexibility index (Phi) is 21.1. The van der Waals surface area contributed by atoms with E-state index >= 15 is 4.57 Å². The zero-order chi connectivity index (χ0) is 81.6. The summed E-state index contributed by atoms with van der Waals surface area (Å²) in [4.78, 5) is 42.8. The molecule has 3 atom stereocenters. The van der Waals surface area contributed by atoms with Gasteiger partial charge in [-0.25, -0.2) is 73.3 Å². The van der Waals surface area contributed by atoms with Crippen LogP contribution >= 0.6 is 7.82 Å². The van der Waals surface area contributed by atoms with Crippen LogP contribution < -0.4 is 30.2 Å². The summed E-state index contributed by atoms with van der Waals surface area (Å²) in [5.41, 5.74) is 5.97. The number of anilines is 3. The molecule has 0 amide bonds. The first kappa shape index (κ1) is 77.6. The molecule has 15 heterocycles. The molecule has 0 bridgehead atoms. The molecule has 40 nitrogen and oxygen atoms in total. The molecule has 3 fully saturated rings. The fourth-order valence-corrected chi connectivity index (χ4v) is 19.7. The summed E-state index contributed by atoms with van der Waals surface area (Å²) in [5.74, 6) is 2.28. The number of phosphoric acid groups is 1. The van der Waals surface area contributed by atoms with Gasteiger partial charge in [-0.05, 0) is 111 Å². The summed E-state index contributed by atoms with van der Waals surface area (Å²) >= 11 is 0. The number of ether oxygens (including phenoxy) is 3. The number of phosphoric ester groups is 1. The van der Waals surface area contributed by atoms with Crippen molar-refractivity contribution in [2.75, 3.05) is 75.6 Å². The Labute approximate surface area is 678 Å². The van der Waals surface area contributed by atoms with Gasteiger partial charge < -0.3 is 43.4 Å². The van der Waals surface area contributed by atoms with E-state index in [1.807, 2.05) is 18.2 Å². The zero-order valence-corrected chi connectivity index (χ0v) is 67.1. The molecule has 18 rings (SSSR count). The van der Waals surface area contributed by atoms with Gasteiger partial charge in [0.2, 0.25) is 17.8 Å². The summed E-state index contributed by atoms with van der Waals surface area (Å²) in [7, 11) is -11.4. The van der Waals surface area contributed by atoms with Gasteiger partial charge in [0.05, 0.1) is 17.1 Å². The van der Waals surface area contributed by atoms with E-state index in [4.69, 9.17) is 70.9 Å². The predicted octanol–water partition coefficient (Wildman–Crippen LogP) is 9.34. The number of sulfonamides is 3. The van der Waals surface area contributed by atoms with Gasteiger partial charge in [-0.1, -0.05) is 36.4 Å². The van der Waals surface area contributed by atoms with E-state index in [1.165, 1.54) is 63.9 Å². The number of hydrogen-bond donors (Lipinski definition) is 3. The average Bonchev–Trinajstić information content (AvgIpc) is 1.61. The molecular weight excluding hydrogens is 1620 g/mol. The normalized spacial score (nSPS) is 16.9. The third-order valence-electron chi connectivity index (χ3n) is 20.1. The average molecular weight is 1700 g/mol. The minimum Gasteiger partial charge on any atom is -0.467 e. The van der Waals surface area contributed by atoms with Crippen LogP contribution in [0, 0.1) is 0 Å². The number of rotatable bonds is 30. The van der Waals surface area contributed by atoms with Crippen LogP contribution in [0.25, 0.3) is 85.5 Å². The maximum Gasteiger partial charge on any atom is 0.483 e. The lowest BCUT2D eigenvalue weighted by Crippen LogP contribution is -2.45. The molecule has 0 unspecified atom stereocenters. The highest BCUT2D eigenvalue weighted by molar-refractivity contribution is 7.89. The van der Waals surface area contributed by atoms with Crippen molar-refractivity contribution in [1.29, 1.82) is 0 Å². The Bertz CT molecular complexity index is 6030. The van der Waals surface area contributed by atoms with Crippen LogP contribution in [0.2, 0.25) is 0 Å². The van der Waals surface area contributed by atoms with Gasteiger partial charge in [0.25, 0.3) is 30.1 Å². The van der Waals surface area contributed by atoms with Crippen molar-refractivity contribution in [2.24, 2.45) is 21.1 Å². The van der Waals surface area contributed by atoms with Gasteiger partial charge in [-0.2, -0.15) is 43.2 Å². The highest BCUT2D eigenvalue weighted by Crippen LogP contribution is 2.50. The van der Waals surface area contributed by atoms with Crippen LogP contribution in [0.1, 0.15) is 38.5 Å². The monoisotopic (exact) mass is 1690 g/mol. The molecule has 3 aliphatic heterocycles. The van der Waals surface area contributed by atoms with Crippen molar-refractivity contribution in [3.8, 4) is 85.2 Å². The summed E-state index contributed by atoms with van der Waals surface area (Å²) in [6.45, 7) is -0.619. The Morgan fingerprint density at radius 1 is 0.412 bits per heavy atom. The van der Waals surface area contributed by atoms with Crippen molar-refractivity contribution in [3.05, 3.63) is 184 Å². The molecule has 0 radical (unpaired) electrons. The van der Waals surface area contributed by atoms with E-state index in [0.717, 1.165) is 0 Å². The molecule has 15 aromatic rings. The van der Waals surface area contributed by atoms with Gasteiger partial charge in [-0.15, -0.1) is 0 Å². The number of oxazole rings is 3. The summed E-state index contributed by atoms with van der Waals surface area (Å²) in [5, 5.41) is 22.4. The second-order valence-electron chi connectivity index (χ2n) is 28.1. The SMILES string of the molecule is Cn1ccc(S(=O)(=O)N2CCC[C@@H](Nc3nccc(-c4c(-c5cccc(OCOP(=O)(OCOc6cccc(-c7nc8occn8c7-c7ccnc(N[C@@H]8CCCN(S(=O)(=O)c9ccn(C)n9)C8)n7)c6)OCOc6cccc(-c7nc8occn8c7-c7ccnc(N[C@@H]8CCCN(S(=O)(=O)c9ccn(C)n9)C8)n7)c6)c5)nc5occn45)n3)C2)n1. The van der Waals surface area contributed by atoms with Crippen molar-refractivity contribution < 1.29 is 70.9 Å². The highest BCUT2D eigenvalue weighted by atomic mass is 32.2. The molecular formula is C75H75N24O16PS3. The van der Waals surface area contributed by atoms with Crippen molar-refractivity contribution in [2.45, 2.75) is 71.7 Å². The predicted molar refractivity (Wildman–Crippen MR) is 425 cm³/mol. The summed E-state index contributed by atoms with van der Waals surface area (Å²) in [6, 6.07) is 29.3. The number of hydrogen-bond acceptors (Lipinski definition) is 31. The lowest BCUT2D eigenvalue weighted by Gasteiger charge is -2.31. The van der Waals surface area contributed by atoms with Crippen LogP contribution in [0.3, 0.4) is 0 Å². The molecule has 12 aromatic heterocycles. The second kappa shape index (κ2) is 32.4. The van der Waals surface area contributed by atoms with Crippen LogP contribution in [-0.4, -0.2) is 203 Å². The third-order valence-corrected chi connectivity index (χ3v) is 26.7. The highest BCUT2D eigenvalue weighted by Gasteiger charge is 2.37. The molecule has 0 aliphatic carbocycles. The number of nitrogens with zero attached hydrogens (tertiary/aromatic N) is 21. The first-order chi connectivity index (χ1) is 57.7. The van der Waals surface area contributed by atoms with Crippen LogP contribution in [0.4, 0.5) is 17.8 Å². The van der Waals surface area contributed by atoms with E-state index in [1.54, 1.807) is 163 Å². The molecule has 3 saturated heterocycles. The topological polar surface area (TPSA) is 443 Å². The Balaban J connectivity index is 0.582. The van der Waals surface area contributed by atoms with E-state index in [2.05, 4.69) is 46.2 Å². The smallest absolute Gasteiger partial charge is 0.467 e. The first-order valence-electron chi connectivity index (χ1n) is 37.6. The minimum atomic E-state index is -4.78. The number of piperidine rings is 3. The number of fused-ring (bicyclic) bond motifs is 3. The van der Waals surface area contributed by atoms with E-state index in [9.17, 15) is 25.3 Å². The molecule has 614 valence electrons. The third kappa shape index (κ3) is 16.2. The van der Waals surface area contributed by atoms with Gasteiger partial charge >= 0.3 is 25.4 Å². The van der Waals surface area contributed by atoms with Crippen LogP contribution in [-0.2, 0) is 69.3 Å². The Morgan fingerprint density at radius 2 is 0.723 bits per heavy atom. The fourth-order valence-electron chi connectivity index (χ4n) is 14.5.